The summed E-state index contributed by atoms with van der Waals surface area (Å²) < 4.78 is 22.6. The molecule has 2 N–H and O–H groups in total. The van der Waals surface area contributed by atoms with Gasteiger partial charge in [0.15, 0.2) is 5.96 Å². The summed E-state index contributed by atoms with van der Waals surface area (Å²) >= 11 is 5.76. The Morgan fingerprint density at radius 2 is 2.00 bits per heavy atom. The first kappa shape index (κ1) is 24.4. The lowest BCUT2D eigenvalue weighted by Crippen LogP contribution is -2.43. The number of guanidine groups is 1. The number of halogens is 2. The van der Waals surface area contributed by atoms with E-state index in [9.17, 15) is 8.42 Å². The van der Waals surface area contributed by atoms with E-state index in [4.69, 9.17) is 11.6 Å². The van der Waals surface area contributed by atoms with Gasteiger partial charge in [-0.2, -0.15) is 0 Å². The molecule has 144 valence electrons. The molecule has 1 aromatic heterocycles. The molecule has 0 fully saturated rings. The molecule has 1 heterocycles. The summed E-state index contributed by atoms with van der Waals surface area (Å²) in [6.45, 7) is 5.44. The highest BCUT2D eigenvalue weighted by atomic mass is 127. The molecule has 0 radical (unpaired) electrons. The van der Waals surface area contributed by atoms with Crippen LogP contribution < -0.4 is 10.6 Å². The Hall–Kier alpha value is -0.610. The van der Waals surface area contributed by atoms with E-state index in [1.807, 2.05) is 19.9 Å². The molecule has 0 aliphatic rings. The number of hydrogen-bond donors (Lipinski definition) is 2. The van der Waals surface area contributed by atoms with Crippen LogP contribution in [0.25, 0.3) is 0 Å². The van der Waals surface area contributed by atoms with Crippen molar-refractivity contribution in [3.05, 3.63) is 29.0 Å². The molecule has 1 rings (SSSR count). The summed E-state index contributed by atoms with van der Waals surface area (Å²) in [6.07, 6.45) is 4.44. The van der Waals surface area contributed by atoms with Crippen LogP contribution in [0.1, 0.15) is 25.8 Å². The second-order valence-corrected chi connectivity index (χ2v) is 9.28. The molecule has 25 heavy (non-hydrogen) atoms. The van der Waals surface area contributed by atoms with Crippen LogP contribution >= 0.6 is 35.6 Å². The molecule has 0 unspecified atom stereocenters. The van der Waals surface area contributed by atoms with Gasteiger partial charge in [0.1, 0.15) is 15.0 Å². The molecule has 0 saturated carbocycles. The van der Waals surface area contributed by atoms with Gasteiger partial charge in [-0.3, -0.25) is 4.99 Å². The molecule has 1 aromatic rings. The van der Waals surface area contributed by atoms with Crippen molar-refractivity contribution in [3.63, 3.8) is 0 Å². The maximum atomic E-state index is 11.3. The zero-order chi connectivity index (χ0) is 18.2. The van der Waals surface area contributed by atoms with Crippen LogP contribution in [-0.2, 0) is 16.3 Å². The van der Waals surface area contributed by atoms with E-state index in [1.165, 1.54) is 6.26 Å². The molecule has 0 amide bonds. The molecule has 0 bridgehead atoms. The Balaban J connectivity index is 0.00000576. The van der Waals surface area contributed by atoms with Crippen molar-refractivity contribution >= 4 is 51.4 Å². The number of aliphatic imine (C=N–C) groups is 1. The third-order valence-corrected chi connectivity index (χ3v) is 4.77. The fourth-order valence-corrected chi connectivity index (χ4v) is 3.01. The van der Waals surface area contributed by atoms with E-state index >= 15 is 0 Å². The number of hydrogen-bond acceptors (Lipinski definition) is 4. The summed E-state index contributed by atoms with van der Waals surface area (Å²) in [5.74, 6) is 0.890. The number of aromatic nitrogens is 1. The van der Waals surface area contributed by atoms with Crippen molar-refractivity contribution in [2.75, 3.05) is 32.1 Å². The van der Waals surface area contributed by atoms with Crippen molar-refractivity contribution in [2.45, 2.75) is 26.7 Å². The molecule has 0 atom stereocenters. The Bertz CT molecular complexity index is 649. The molecule has 0 aliphatic heterocycles. The fraction of sp³-hybridized carbons (Fsp3) is 0.625. The van der Waals surface area contributed by atoms with Gasteiger partial charge in [0.25, 0.3) is 0 Å². The van der Waals surface area contributed by atoms with Crippen LogP contribution in [0.4, 0.5) is 0 Å². The van der Waals surface area contributed by atoms with E-state index in [1.54, 1.807) is 19.3 Å². The van der Waals surface area contributed by atoms with Gasteiger partial charge < -0.3 is 10.6 Å². The highest BCUT2D eigenvalue weighted by molar-refractivity contribution is 14.0. The summed E-state index contributed by atoms with van der Waals surface area (Å²) in [5, 5.41) is 6.97. The Labute approximate surface area is 173 Å². The molecule has 0 aromatic carbocycles. The van der Waals surface area contributed by atoms with Crippen LogP contribution in [-0.4, -0.2) is 51.5 Å². The summed E-state index contributed by atoms with van der Waals surface area (Å²) in [4.78, 5) is 8.23. The molecule has 6 nitrogen and oxygen atoms in total. The van der Waals surface area contributed by atoms with Crippen molar-refractivity contribution in [1.82, 2.24) is 15.6 Å². The topological polar surface area (TPSA) is 83.4 Å². The van der Waals surface area contributed by atoms with E-state index in [0.717, 1.165) is 12.0 Å². The first-order chi connectivity index (χ1) is 11.1. The van der Waals surface area contributed by atoms with Gasteiger partial charge >= 0.3 is 0 Å². The van der Waals surface area contributed by atoms with Gasteiger partial charge in [-0.1, -0.05) is 31.5 Å². The third-order valence-electron chi connectivity index (χ3n) is 3.60. The zero-order valence-corrected chi connectivity index (χ0v) is 19.1. The molecular formula is C16H28ClIN4O2S. The maximum absolute atomic E-state index is 11.3. The summed E-state index contributed by atoms with van der Waals surface area (Å²) in [7, 11) is -1.23. The molecule has 0 aliphatic carbocycles. The second kappa shape index (κ2) is 11.2. The number of sulfone groups is 1. The molecule has 9 heteroatoms. The van der Waals surface area contributed by atoms with Crippen LogP contribution in [0.3, 0.4) is 0 Å². The Kier molecular flexibility index (Phi) is 10.9. The average molecular weight is 503 g/mol. The van der Waals surface area contributed by atoms with Gasteiger partial charge in [0.05, 0.1) is 5.75 Å². The van der Waals surface area contributed by atoms with Crippen LogP contribution in [0.15, 0.2) is 23.3 Å². The second-order valence-electron chi connectivity index (χ2n) is 6.64. The predicted octanol–water partition coefficient (Wildman–Crippen LogP) is 2.52. The number of nitrogens with zero attached hydrogens (tertiary/aromatic N) is 2. The first-order valence-electron chi connectivity index (χ1n) is 7.84. The van der Waals surface area contributed by atoms with Gasteiger partial charge in [0.2, 0.25) is 0 Å². The van der Waals surface area contributed by atoms with Gasteiger partial charge in [-0.25, -0.2) is 13.4 Å². The maximum Gasteiger partial charge on any atom is 0.191 e. The number of nitrogens with one attached hydrogen (secondary N) is 2. The first-order valence-corrected chi connectivity index (χ1v) is 10.3. The Morgan fingerprint density at radius 3 is 2.52 bits per heavy atom. The Morgan fingerprint density at radius 1 is 1.32 bits per heavy atom. The monoisotopic (exact) mass is 502 g/mol. The zero-order valence-electron chi connectivity index (χ0n) is 15.2. The third kappa shape index (κ3) is 11.6. The minimum atomic E-state index is -2.94. The average Bonchev–Trinajstić information content (AvgIpc) is 2.50. The lowest BCUT2D eigenvalue weighted by atomic mass is 9.90. The van der Waals surface area contributed by atoms with E-state index in [-0.39, 0.29) is 35.1 Å². The summed E-state index contributed by atoms with van der Waals surface area (Å²) in [5.41, 5.74) is 0.955. The standard InChI is InChI=1S/C16H27ClN4O2S.HI/c1-16(2,8-10-24(4,22)23)12-21-15(18-3)19-9-7-13-5-6-14(17)20-11-13;/h5-6,11H,7-10,12H2,1-4H3,(H2,18,19,21);1H. The van der Waals surface area contributed by atoms with Gasteiger partial charge in [0, 0.05) is 32.6 Å². The molecule has 0 spiro atoms. The lowest BCUT2D eigenvalue weighted by Gasteiger charge is -2.25. The van der Waals surface area contributed by atoms with Crippen molar-refractivity contribution in [2.24, 2.45) is 10.4 Å². The SMILES string of the molecule is CN=C(NCCc1ccc(Cl)nc1)NCC(C)(C)CCS(C)(=O)=O.I. The molecular weight excluding hydrogens is 475 g/mol. The molecule has 0 saturated heterocycles. The van der Waals surface area contributed by atoms with Crippen molar-refractivity contribution < 1.29 is 8.42 Å². The summed E-state index contributed by atoms with van der Waals surface area (Å²) in [6, 6.07) is 3.72. The normalized spacial score (nSPS) is 12.4. The quantitative estimate of drug-likeness (QED) is 0.247. The van der Waals surface area contributed by atoms with E-state index in [2.05, 4.69) is 20.6 Å². The largest absolute Gasteiger partial charge is 0.356 e. The van der Waals surface area contributed by atoms with E-state index in [0.29, 0.717) is 30.6 Å². The minimum Gasteiger partial charge on any atom is -0.356 e. The van der Waals surface area contributed by atoms with Gasteiger partial charge in [-0.15, -0.1) is 24.0 Å². The van der Waals surface area contributed by atoms with Gasteiger partial charge in [-0.05, 0) is 29.9 Å². The van der Waals surface area contributed by atoms with E-state index < -0.39 is 9.84 Å². The van der Waals surface area contributed by atoms with Crippen LogP contribution in [0.2, 0.25) is 5.15 Å². The smallest absolute Gasteiger partial charge is 0.191 e. The van der Waals surface area contributed by atoms with Crippen molar-refractivity contribution in [1.29, 1.82) is 0 Å². The number of rotatable bonds is 8. The highest BCUT2D eigenvalue weighted by Gasteiger charge is 2.20. The highest BCUT2D eigenvalue weighted by Crippen LogP contribution is 2.19. The number of pyridine rings is 1. The lowest BCUT2D eigenvalue weighted by molar-refractivity contribution is 0.348. The van der Waals surface area contributed by atoms with Crippen molar-refractivity contribution in [3.8, 4) is 0 Å². The predicted molar refractivity (Wildman–Crippen MR) is 116 cm³/mol. The van der Waals surface area contributed by atoms with Crippen LogP contribution in [0.5, 0.6) is 0 Å². The fourth-order valence-electron chi connectivity index (χ4n) is 1.97. The minimum absolute atomic E-state index is 0. The van der Waals surface area contributed by atoms with Crippen LogP contribution in [0, 0.1) is 5.41 Å².